The van der Waals surface area contributed by atoms with Crippen molar-refractivity contribution in [1.29, 1.82) is 0 Å². The molecule has 1 aliphatic rings. The van der Waals surface area contributed by atoms with Crippen LogP contribution in [0.3, 0.4) is 0 Å². The molecule has 0 saturated carbocycles. The summed E-state index contributed by atoms with van der Waals surface area (Å²) in [7, 11) is 0. The molecule has 1 unspecified atom stereocenters. The van der Waals surface area contributed by atoms with Gasteiger partial charge in [-0.2, -0.15) is 0 Å². The molecule has 0 aromatic heterocycles. The molecule has 1 aliphatic heterocycles. The van der Waals surface area contributed by atoms with Crippen LogP contribution in [0.2, 0.25) is 5.02 Å². The van der Waals surface area contributed by atoms with Crippen LogP contribution in [-0.2, 0) is 9.59 Å². The van der Waals surface area contributed by atoms with Gasteiger partial charge in [-0.25, -0.2) is 0 Å². The molecular formula is C19H19ClN2O3. The summed E-state index contributed by atoms with van der Waals surface area (Å²) in [5.41, 5.74) is 3.22. The molecule has 0 spiro atoms. The number of rotatable bonds is 4. The Morgan fingerprint density at radius 3 is 2.76 bits per heavy atom. The van der Waals surface area contributed by atoms with Crippen molar-refractivity contribution < 1.29 is 14.3 Å². The first-order valence-corrected chi connectivity index (χ1v) is 8.39. The zero-order valence-corrected chi connectivity index (χ0v) is 14.8. The molecule has 1 atom stereocenters. The van der Waals surface area contributed by atoms with Gasteiger partial charge >= 0.3 is 0 Å². The van der Waals surface area contributed by atoms with Crippen molar-refractivity contribution in [3.05, 3.63) is 52.5 Å². The number of fused-ring (bicyclic) bond motifs is 1. The van der Waals surface area contributed by atoms with Gasteiger partial charge in [0.2, 0.25) is 5.91 Å². The number of carbonyl (C=O) groups excluding carboxylic acids is 2. The molecule has 5 nitrogen and oxygen atoms in total. The van der Waals surface area contributed by atoms with Crippen molar-refractivity contribution in [2.24, 2.45) is 0 Å². The SMILES string of the molecule is Cc1ccc(C)c(NC(=O)CN2CC(C=O)Oc3ccccc32)c1Cl. The van der Waals surface area contributed by atoms with E-state index in [1.165, 1.54) is 0 Å². The highest BCUT2D eigenvalue weighted by Crippen LogP contribution is 2.33. The monoisotopic (exact) mass is 358 g/mol. The number of ether oxygens (including phenoxy) is 1. The predicted molar refractivity (Wildman–Crippen MR) is 98.7 cm³/mol. The van der Waals surface area contributed by atoms with Crippen LogP contribution in [0.1, 0.15) is 11.1 Å². The molecule has 0 bridgehead atoms. The molecule has 1 amide bonds. The van der Waals surface area contributed by atoms with Gasteiger partial charge in [-0.3, -0.25) is 9.59 Å². The van der Waals surface area contributed by atoms with Crippen LogP contribution in [0.5, 0.6) is 5.75 Å². The van der Waals surface area contributed by atoms with E-state index >= 15 is 0 Å². The van der Waals surface area contributed by atoms with Gasteiger partial charge < -0.3 is 15.0 Å². The minimum Gasteiger partial charge on any atom is -0.479 e. The molecule has 2 aromatic carbocycles. The maximum Gasteiger partial charge on any atom is 0.243 e. The summed E-state index contributed by atoms with van der Waals surface area (Å²) < 4.78 is 5.60. The standard InChI is InChI=1S/C19H19ClN2O3/c1-12-7-8-13(2)19(18(12)20)21-17(24)10-22-9-14(11-23)25-16-6-4-3-5-15(16)22/h3-8,11,14H,9-10H2,1-2H3,(H,21,24). The smallest absolute Gasteiger partial charge is 0.243 e. The predicted octanol–water partition coefficient (Wildman–Crippen LogP) is 3.36. The van der Waals surface area contributed by atoms with E-state index in [-0.39, 0.29) is 12.5 Å². The second-order valence-electron chi connectivity index (χ2n) is 6.08. The van der Waals surface area contributed by atoms with Crippen molar-refractivity contribution in [3.63, 3.8) is 0 Å². The molecular weight excluding hydrogens is 340 g/mol. The van der Waals surface area contributed by atoms with Crippen molar-refractivity contribution in [2.75, 3.05) is 23.3 Å². The van der Waals surface area contributed by atoms with Gasteiger partial charge in [0.1, 0.15) is 5.75 Å². The fourth-order valence-corrected chi connectivity index (χ4v) is 3.10. The van der Waals surface area contributed by atoms with Crippen molar-refractivity contribution in [2.45, 2.75) is 20.0 Å². The van der Waals surface area contributed by atoms with Gasteiger partial charge in [0.15, 0.2) is 12.4 Å². The molecule has 0 radical (unpaired) electrons. The average Bonchev–Trinajstić information content (AvgIpc) is 2.62. The van der Waals surface area contributed by atoms with Crippen LogP contribution < -0.4 is 15.0 Å². The maximum absolute atomic E-state index is 12.6. The van der Waals surface area contributed by atoms with Crippen LogP contribution >= 0.6 is 11.6 Å². The van der Waals surface area contributed by atoms with Crippen LogP contribution in [0.4, 0.5) is 11.4 Å². The zero-order chi connectivity index (χ0) is 18.0. The third kappa shape index (κ3) is 3.61. The Morgan fingerprint density at radius 2 is 2.00 bits per heavy atom. The number of para-hydroxylation sites is 2. The fourth-order valence-electron chi connectivity index (χ4n) is 2.84. The summed E-state index contributed by atoms with van der Waals surface area (Å²) in [6.07, 6.45) is 0.162. The molecule has 1 heterocycles. The van der Waals surface area contributed by atoms with E-state index < -0.39 is 6.10 Å². The summed E-state index contributed by atoms with van der Waals surface area (Å²) >= 11 is 6.32. The molecule has 2 aromatic rings. The Hall–Kier alpha value is -2.53. The lowest BCUT2D eigenvalue weighted by molar-refractivity contribution is -0.116. The number of hydrogen-bond acceptors (Lipinski definition) is 4. The third-order valence-electron chi connectivity index (χ3n) is 4.18. The second kappa shape index (κ2) is 7.15. The number of nitrogens with one attached hydrogen (secondary N) is 1. The first kappa shape index (κ1) is 17.3. The second-order valence-corrected chi connectivity index (χ2v) is 6.46. The lowest BCUT2D eigenvalue weighted by Gasteiger charge is -2.33. The Labute approximate surface area is 151 Å². The molecule has 1 N–H and O–H groups in total. The van der Waals surface area contributed by atoms with E-state index in [9.17, 15) is 9.59 Å². The largest absolute Gasteiger partial charge is 0.479 e. The number of carbonyl (C=O) groups is 2. The van der Waals surface area contributed by atoms with E-state index in [1.807, 2.05) is 49.1 Å². The van der Waals surface area contributed by atoms with Gasteiger partial charge in [-0.05, 0) is 37.1 Å². The Morgan fingerprint density at radius 1 is 1.28 bits per heavy atom. The zero-order valence-electron chi connectivity index (χ0n) is 14.1. The molecule has 0 fully saturated rings. The lowest BCUT2D eigenvalue weighted by atomic mass is 10.1. The van der Waals surface area contributed by atoms with Gasteiger partial charge in [0, 0.05) is 0 Å². The number of hydrogen-bond donors (Lipinski definition) is 1. The molecule has 0 aliphatic carbocycles. The van der Waals surface area contributed by atoms with E-state index in [2.05, 4.69) is 5.32 Å². The number of aryl methyl sites for hydroxylation is 2. The number of amides is 1. The summed E-state index contributed by atoms with van der Waals surface area (Å²) in [6, 6.07) is 11.2. The number of halogens is 1. The van der Waals surface area contributed by atoms with Gasteiger partial charge in [-0.15, -0.1) is 0 Å². The third-order valence-corrected chi connectivity index (χ3v) is 4.67. The van der Waals surface area contributed by atoms with E-state index in [0.29, 0.717) is 23.0 Å². The molecule has 6 heteroatoms. The first-order chi connectivity index (χ1) is 12.0. The van der Waals surface area contributed by atoms with Crippen LogP contribution in [0.25, 0.3) is 0 Å². The van der Waals surface area contributed by atoms with Gasteiger partial charge in [0.25, 0.3) is 0 Å². The molecule has 3 rings (SSSR count). The fraction of sp³-hybridized carbons (Fsp3) is 0.263. The number of anilines is 2. The maximum atomic E-state index is 12.6. The summed E-state index contributed by atoms with van der Waals surface area (Å²) in [5, 5.41) is 3.43. The van der Waals surface area contributed by atoms with Gasteiger partial charge in [0.05, 0.1) is 29.5 Å². The van der Waals surface area contributed by atoms with Crippen LogP contribution in [-0.4, -0.2) is 31.4 Å². The summed E-state index contributed by atoms with van der Waals surface area (Å²) in [4.78, 5) is 25.5. The lowest BCUT2D eigenvalue weighted by Crippen LogP contribution is -2.44. The highest BCUT2D eigenvalue weighted by Gasteiger charge is 2.26. The average molecular weight is 359 g/mol. The highest BCUT2D eigenvalue weighted by atomic mass is 35.5. The molecule has 130 valence electrons. The highest BCUT2D eigenvalue weighted by molar-refractivity contribution is 6.34. The Kier molecular flexibility index (Phi) is 4.95. The van der Waals surface area contributed by atoms with Crippen molar-refractivity contribution in [3.8, 4) is 5.75 Å². The number of benzene rings is 2. The minimum atomic E-state index is -0.591. The minimum absolute atomic E-state index is 0.106. The number of nitrogens with zero attached hydrogens (tertiary/aromatic N) is 1. The topological polar surface area (TPSA) is 58.6 Å². The van der Waals surface area contributed by atoms with E-state index in [1.54, 1.807) is 6.07 Å². The first-order valence-electron chi connectivity index (χ1n) is 8.01. The van der Waals surface area contributed by atoms with E-state index in [4.69, 9.17) is 16.3 Å². The molecule has 0 saturated heterocycles. The van der Waals surface area contributed by atoms with Gasteiger partial charge in [-0.1, -0.05) is 35.9 Å². The van der Waals surface area contributed by atoms with Crippen molar-refractivity contribution >= 4 is 35.2 Å². The van der Waals surface area contributed by atoms with E-state index in [0.717, 1.165) is 23.1 Å². The van der Waals surface area contributed by atoms with Crippen LogP contribution in [0.15, 0.2) is 36.4 Å². The normalized spacial score (nSPS) is 16.0. The van der Waals surface area contributed by atoms with Crippen LogP contribution in [0, 0.1) is 13.8 Å². The number of aldehydes is 1. The summed E-state index contributed by atoms with van der Waals surface area (Å²) in [5.74, 6) is 0.403. The summed E-state index contributed by atoms with van der Waals surface area (Å²) in [6.45, 7) is 4.22. The quantitative estimate of drug-likeness (QED) is 0.851. The van der Waals surface area contributed by atoms with Crippen molar-refractivity contribution in [1.82, 2.24) is 0 Å². The Balaban J connectivity index is 1.79. The molecule has 25 heavy (non-hydrogen) atoms. The Bertz CT molecular complexity index is 822.